The first-order valence-electron chi connectivity index (χ1n) is 7.51. The van der Waals surface area contributed by atoms with Gasteiger partial charge in [0.05, 0.1) is 16.8 Å². The molecule has 1 aromatic heterocycles. The van der Waals surface area contributed by atoms with Crippen LogP contribution in [0.25, 0.3) is 0 Å². The van der Waals surface area contributed by atoms with E-state index in [1.54, 1.807) is 0 Å². The first-order valence-corrected chi connectivity index (χ1v) is 8.33. The molecule has 1 atom stereocenters. The molecule has 1 saturated heterocycles. The lowest BCUT2D eigenvalue weighted by atomic mass is 10.1. The Bertz CT molecular complexity index is 383. The van der Waals surface area contributed by atoms with Crippen molar-refractivity contribution >= 4 is 11.3 Å². The minimum absolute atomic E-state index is 0.405. The Morgan fingerprint density at radius 2 is 2.32 bits per heavy atom. The third-order valence-electron chi connectivity index (χ3n) is 3.46. The molecule has 0 aromatic carbocycles. The molecule has 1 aliphatic heterocycles. The van der Waals surface area contributed by atoms with E-state index in [-0.39, 0.29) is 0 Å². The minimum Gasteiger partial charge on any atom is -0.378 e. The molecule has 4 heteroatoms. The zero-order valence-corrected chi connectivity index (χ0v) is 13.2. The summed E-state index contributed by atoms with van der Waals surface area (Å²) < 4.78 is 5.72. The lowest BCUT2D eigenvalue weighted by molar-refractivity contribution is 0.111. The van der Waals surface area contributed by atoms with Crippen molar-refractivity contribution in [2.45, 2.75) is 65.0 Å². The highest BCUT2D eigenvalue weighted by molar-refractivity contribution is 7.11. The smallest absolute Gasteiger partial charge is 0.0957 e. The van der Waals surface area contributed by atoms with Crippen LogP contribution >= 0.6 is 11.3 Å². The maximum Gasteiger partial charge on any atom is 0.0957 e. The monoisotopic (exact) mass is 282 g/mol. The number of hydrogen-bond donors (Lipinski definition) is 1. The molecule has 108 valence electrons. The van der Waals surface area contributed by atoms with Crippen molar-refractivity contribution in [1.29, 1.82) is 0 Å². The van der Waals surface area contributed by atoms with Crippen molar-refractivity contribution in [2.75, 3.05) is 13.2 Å². The van der Waals surface area contributed by atoms with Crippen LogP contribution < -0.4 is 5.32 Å². The summed E-state index contributed by atoms with van der Waals surface area (Å²) in [5, 5.41) is 4.75. The highest BCUT2D eigenvalue weighted by Crippen LogP contribution is 2.27. The van der Waals surface area contributed by atoms with Crippen LogP contribution in [-0.2, 0) is 17.7 Å². The fourth-order valence-electron chi connectivity index (χ4n) is 2.46. The number of rotatable bonds is 7. The number of aromatic nitrogens is 1. The number of nitrogens with zero attached hydrogens (tertiary/aromatic N) is 1. The Kier molecular flexibility index (Phi) is 5.79. The van der Waals surface area contributed by atoms with Gasteiger partial charge in [0.25, 0.3) is 0 Å². The predicted octanol–water partition coefficient (Wildman–Crippen LogP) is 3.49. The minimum atomic E-state index is 0.405. The van der Waals surface area contributed by atoms with E-state index < -0.39 is 0 Å². The highest BCUT2D eigenvalue weighted by Gasteiger charge is 2.20. The Morgan fingerprint density at radius 3 is 2.95 bits per heavy atom. The second-order valence-electron chi connectivity index (χ2n) is 5.59. The normalized spacial score (nSPS) is 19.5. The van der Waals surface area contributed by atoms with Gasteiger partial charge in [0.2, 0.25) is 0 Å². The first kappa shape index (κ1) is 14.9. The fourth-order valence-corrected chi connectivity index (χ4v) is 3.72. The molecular formula is C15H26N2OS. The molecule has 3 nitrogen and oxygen atoms in total. The number of nitrogens with one attached hydrogen (secondary N) is 1. The van der Waals surface area contributed by atoms with Gasteiger partial charge in [-0.15, -0.1) is 11.3 Å². The quantitative estimate of drug-likeness (QED) is 0.777. The summed E-state index contributed by atoms with van der Waals surface area (Å²) in [5.74, 6) is 0.507. The van der Waals surface area contributed by atoms with Gasteiger partial charge < -0.3 is 10.1 Å². The SMILES string of the molecule is CCCNCc1sc(CC2CCCO2)nc1C(C)C. The molecule has 0 bridgehead atoms. The maximum atomic E-state index is 5.72. The topological polar surface area (TPSA) is 34.1 Å². The van der Waals surface area contributed by atoms with Crippen LogP contribution in [0.4, 0.5) is 0 Å². The van der Waals surface area contributed by atoms with Crippen LogP contribution in [0.2, 0.25) is 0 Å². The third kappa shape index (κ3) is 4.26. The molecule has 0 saturated carbocycles. The van der Waals surface area contributed by atoms with Crippen LogP contribution in [0.15, 0.2) is 0 Å². The fraction of sp³-hybridized carbons (Fsp3) is 0.800. The number of ether oxygens (including phenoxy) is 1. The molecule has 2 rings (SSSR count). The summed E-state index contributed by atoms with van der Waals surface area (Å²) in [5.41, 5.74) is 1.28. The van der Waals surface area contributed by atoms with E-state index in [1.165, 1.54) is 34.8 Å². The molecule has 1 aliphatic rings. The van der Waals surface area contributed by atoms with E-state index in [1.807, 2.05) is 11.3 Å². The van der Waals surface area contributed by atoms with Gasteiger partial charge in [0.15, 0.2) is 0 Å². The van der Waals surface area contributed by atoms with Crippen molar-refractivity contribution in [3.8, 4) is 0 Å². The molecule has 1 unspecified atom stereocenters. The van der Waals surface area contributed by atoms with Gasteiger partial charge in [-0.2, -0.15) is 0 Å². The van der Waals surface area contributed by atoms with E-state index in [9.17, 15) is 0 Å². The molecular weight excluding hydrogens is 256 g/mol. The van der Waals surface area contributed by atoms with Crippen LogP contribution in [0, 0.1) is 0 Å². The van der Waals surface area contributed by atoms with Gasteiger partial charge in [0.1, 0.15) is 0 Å². The van der Waals surface area contributed by atoms with E-state index in [0.29, 0.717) is 12.0 Å². The van der Waals surface area contributed by atoms with Gasteiger partial charge in [0, 0.05) is 24.4 Å². The molecule has 1 fully saturated rings. The third-order valence-corrected chi connectivity index (χ3v) is 4.55. The van der Waals surface area contributed by atoms with Crippen molar-refractivity contribution in [2.24, 2.45) is 0 Å². The average Bonchev–Trinajstić information content (AvgIpc) is 3.00. The van der Waals surface area contributed by atoms with E-state index in [2.05, 4.69) is 26.1 Å². The Morgan fingerprint density at radius 1 is 1.47 bits per heavy atom. The Labute approximate surface area is 120 Å². The molecule has 1 N–H and O–H groups in total. The van der Waals surface area contributed by atoms with Crippen molar-refractivity contribution in [3.63, 3.8) is 0 Å². The summed E-state index contributed by atoms with van der Waals surface area (Å²) >= 11 is 1.87. The summed E-state index contributed by atoms with van der Waals surface area (Å²) in [6.45, 7) is 9.63. The van der Waals surface area contributed by atoms with Crippen molar-refractivity contribution in [3.05, 3.63) is 15.6 Å². The largest absolute Gasteiger partial charge is 0.378 e. The summed E-state index contributed by atoms with van der Waals surface area (Å²) in [7, 11) is 0. The second kappa shape index (κ2) is 7.36. The van der Waals surface area contributed by atoms with E-state index >= 15 is 0 Å². The second-order valence-corrected chi connectivity index (χ2v) is 6.75. The maximum absolute atomic E-state index is 5.72. The van der Waals surface area contributed by atoms with E-state index in [4.69, 9.17) is 9.72 Å². The zero-order chi connectivity index (χ0) is 13.7. The molecule has 0 amide bonds. The standard InChI is InChI=1S/C15H26N2OS/c1-4-7-16-10-13-15(11(2)3)17-14(19-13)9-12-6-5-8-18-12/h11-12,16H,4-10H2,1-3H3. The zero-order valence-electron chi connectivity index (χ0n) is 12.4. The predicted molar refractivity (Wildman–Crippen MR) is 80.9 cm³/mol. The summed E-state index contributed by atoms with van der Waals surface area (Å²) in [6, 6.07) is 0. The lowest BCUT2D eigenvalue weighted by Crippen LogP contribution is -2.14. The average molecular weight is 282 g/mol. The van der Waals surface area contributed by atoms with Gasteiger partial charge in [-0.3, -0.25) is 0 Å². The molecule has 0 radical (unpaired) electrons. The lowest BCUT2D eigenvalue weighted by Gasteiger charge is -2.06. The molecule has 0 aliphatic carbocycles. The van der Waals surface area contributed by atoms with Crippen LogP contribution in [0.3, 0.4) is 0 Å². The molecule has 2 heterocycles. The van der Waals surface area contributed by atoms with Crippen LogP contribution in [-0.4, -0.2) is 24.2 Å². The number of thiazole rings is 1. The van der Waals surface area contributed by atoms with Crippen molar-refractivity contribution < 1.29 is 4.74 Å². The van der Waals surface area contributed by atoms with Crippen LogP contribution in [0.1, 0.15) is 61.5 Å². The van der Waals surface area contributed by atoms with Gasteiger partial charge in [-0.25, -0.2) is 4.98 Å². The van der Waals surface area contributed by atoms with Gasteiger partial charge in [-0.05, 0) is 31.7 Å². The van der Waals surface area contributed by atoms with Crippen molar-refractivity contribution in [1.82, 2.24) is 10.3 Å². The van der Waals surface area contributed by atoms with E-state index in [0.717, 1.165) is 26.1 Å². The first-order chi connectivity index (χ1) is 9.20. The molecule has 1 aromatic rings. The van der Waals surface area contributed by atoms with Gasteiger partial charge in [-0.1, -0.05) is 20.8 Å². The molecule has 19 heavy (non-hydrogen) atoms. The highest BCUT2D eigenvalue weighted by atomic mass is 32.1. The van der Waals surface area contributed by atoms with Crippen LogP contribution in [0.5, 0.6) is 0 Å². The number of hydrogen-bond acceptors (Lipinski definition) is 4. The van der Waals surface area contributed by atoms with Gasteiger partial charge >= 0.3 is 0 Å². The summed E-state index contributed by atoms with van der Waals surface area (Å²) in [4.78, 5) is 6.26. The summed E-state index contributed by atoms with van der Waals surface area (Å²) in [6.07, 6.45) is 4.98. The Hall–Kier alpha value is -0.450. The Balaban J connectivity index is 2.01. The molecule has 0 spiro atoms.